The van der Waals surface area contributed by atoms with Crippen LogP contribution in [0.2, 0.25) is 0 Å². The van der Waals surface area contributed by atoms with Crippen LogP contribution in [0.5, 0.6) is 11.5 Å². The van der Waals surface area contributed by atoms with E-state index in [-0.39, 0.29) is 29.4 Å². The van der Waals surface area contributed by atoms with Gasteiger partial charge in [-0.3, -0.25) is 9.19 Å². The Kier molecular flexibility index (Phi) is 6.93. The summed E-state index contributed by atoms with van der Waals surface area (Å²) in [6.07, 6.45) is 3.48. The van der Waals surface area contributed by atoms with Crippen molar-refractivity contribution in [2.45, 2.75) is 31.0 Å². The minimum atomic E-state index is -1.43. The number of benzene rings is 2. The molecule has 0 fully saturated rings. The van der Waals surface area contributed by atoms with Crippen LogP contribution in [0.1, 0.15) is 34.4 Å². The molecule has 0 saturated heterocycles. The fraction of sp³-hybridized carbons (Fsp3) is 0.240. The first kappa shape index (κ1) is 23.4. The highest BCUT2D eigenvalue weighted by molar-refractivity contribution is 7.84. The van der Waals surface area contributed by atoms with Crippen LogP contribution in [0, 0.1) is 6.92 Å². The van der Waals surface area contributed by atoms with E-state index in [2.05, 4.69) is 4.98 Å². The molecule has 2 aromatic carbocycles. The third-order valence-corrected chi connectivity index (χ3v) is 6.80. The molecule has 0 aliphatic rings. The van der Waals surface area contributed by atoms with E-state index < -0.39 is 16.8 Å². The van der Waals surface area contributed by atoms with Crippen molar-refractivity contribution in [2.24, 2.45) is 0 Å². The normalized spacial score (nSPS) is 12.0. The number of carbonyl (C=O) groups is 1. The van der Waals surface area contributed by atoms with Crippen LogP contribution in [0.4, 0.5) is 0 Å². The van der Waals surface area contributed by atoms with Gasteiger partial charge in [-0.15, -0.1) is 0 Å². The smallest absolute Gasteiger partial charge is 0.340 e. The van der Waals surface area contributed by atoms with Gasteiger partial charge in [-0.25, -0.2) is 9.78 Å². The number of carbonyl (C=O) groups excluding carboxylic acids is 1. The number of phenols is 1. The van der Waals surface area contributed by atoms with E-state index in [0.717, 1.165) is 5.82 Å². The zero-order chi connectivity index (χ0) is 24.2. The highest BCUT2D eigenvalue weighted by Gasteiger charge is 2.22. The lowest BCUT2D eigenvalue weighted by Crippen LogP contribution is -2.13. The van der Waals surface area contributed by atoms with Crippen molar-refractivity contribution >= 4 is 27.7 Å². The number of rotatable bonds is 8. The monoisotopic (exact) mass is 479 g/mol. The summed E-state index contributed by atoms with van der Waals surface area (Å²) in [6.45, 7) is 4.07. The molecule has 0 spiro atoms. The predicted molar refractivity (Wildman–Crippen MR) is 129 cm³/mol. The zero-order valence-corrected chi connectivity index (χ0v) is 20.0. The average molecular weight is 480 g/mol. The van der Waals surface area contributed by atoms with Gasteiger partial charge in [0.1, 0.15) is 5.82 Å². The van der Waals surface area contributed by atoms with E-state index >= 15 is 0 Å². The molecule has 2 aromatic heterocycles. The van der Waals surface area contributed by atoms with E-state index in [0.29, 0.717) is 33.6 Å². The number of phenolic OH excluding ortho intramolecular Hbond substituents is 1. The molecule has 0 bridgehead atoms. The SMILES string of the molecule is CCOC(=O)c1cc2cc(OC)c(O)c(Cn3ccnc3C)c2nc1CS(=O)c1ccccc1. The zero-order valence-electron chi connectivity index (χ0n) is 19.1. The van der Waals surface area contributed by atoms with Crippen LogP contribution in [0.3, 0.4) is 0 Å². The molecule has 4 rings (SSSR count). The summed E-state index contributed by atoms with van der Waals surface area (Å²) in [4.78, 5) is 22.4. The van der Waals surface area contributed by atoms with Crippen LogP contribution in [0.15, 0.2) is 59.8 Å². The third kappa shape index (κ3) is 4.65. The lowest BCUT2D eigenvalue weighted by atomic mass is 10.0. The van der Waals surface area contributed by atoms with Gasteiger partial charge in [0.25, 0.3) is 0 Å². The number of ether oxygens (including phenoxy) is 2. The van der Waals surface area contributed by atoms with Gasteiger partial charge in [0.05, 0.1) is 53.6 Å². The Morgan fingerprint density at radius 2 is 1.97 bits per heavy atom. The van der Waals surface area contributed by atoms with Crippen molar-refractivity contribution in [2.75, 3.05) is 13.7 Å². The summed E-state index contributed by atoms with van der Waals surface area (Å²) in [7, 11) is 0.0286. The molecule has 1 N–H and O–H groups in total. The topological polar surface area (TPSA) is 104 Å². The molecule has 1 unspecified atom stereocenters. The number of aryl methyl sites for hydroxylation is 1. The van der Waals surface area contributed by atoms with Crippen molar-refractivity contribution in [1.82, 2.24) is 14.5 Å². The summed E-state index contributed by atoms with van der Waals surface area (Å²) in [6, 6.07) is 12.3. The number of aromatic hydroxyl groups is 1. The van der Waals surface area contributed by atoms with E-state index in [1.54, 1.807) is 43.6 Å². The molecule has 8 nitrogen and oxygen atoms in total. The summed E-state index contributed by atoms with van der Waals surface area (Å²) in [5.74, 6) is 0.455. The second-order valence-electron chi connectivity index (χ2n) is 7.59. The number of imidazole rings is 1. The molecule has 4 aromatic rings. The van der Waals surface area contributed by atoms with Gasteiger partial charge in [0.2, 0.25) is 0 Å². The molecule has 0 saturated carbocycles. The lowest BCUT2D eigenvalue weighted by molar-refractivity contribution is 0.0525. The molecule has 1 atom stereocenters. The van der Waals surface area contributed by atoms with Crippen molar-refractivity contribution in [3.05, 3.63) is 77.5 Å². The van der Waals surface area contributed by atoms with Crippen molar-refractivity contribution in [1.29, 1.82) is 0 Å². The molecule has 2 heterocycles. The number of hydrogen-bond donors (Lipinski definition) is 1. The van der Waals surface area contributed by atoms with Gasteiger partial charge in [-0.05, 0) is 38.1 Å². The van der Waals surface area contributed by atoms with Gasteiger partial charge in [-0.2, -0.15) is 0 Å². The number of hydrogen-bond acceptors (Lipinski definition) is 7. The molecule has 0 aliphatic heterocycles. The van der Waals surface area contributed by atoms with Gasteiger partial charge >= 0.3 is 5.97 Å². The maximum Gasteiger partial charge on any atom is 0.340 e. The fourth-order valence-electron chi connectivity index (χ4n) is 3.71. The second kappa shape index (κ2) is 10.0. The number of nitrogens with zero attached hydrogens (tertiary/aromatic N) is 3. The number of methoxy groups -OCH3 is 1. The standard InChI is InChI=1S/C25H25N3O5S/c1-4-33-25(30)19-12-17-13-22(32-3)24(29)20(14-28-11-10-26-16(28)2)23(17)27-21(19)15-34(31)18-8-6-5-7-9-18/h5-13,29H,4,14-15H2,1-3H3. The Morgan fingerprint density at radius 1 is 1.21 bits per heavy atom. The number of fused-ring (bicyclic) bond motifs is 1. The van der Waals surface area contributed by atoms with Crippen molar-refractivity contribution in [3.8, 4) is 11.5 Å². The molecule has 34 heavy (non-hydrogen) atoms. The molecule has 0 radical (unpaired) electrons. The average Bonchev–Trinajstić information content (AvgIpc) is 3.25. The van der Waals surface area contributed by atoms with Crippen LogP contribution in [-0.2, 0) is 27.8 Å². The largest absolute Gasteiger partial charge is 0.504 e. The lowest BCUT2D eigenvalue weighted by Gasteiger charge is -2.16. The van der Waals surface area contributed by atoms with Crippen LogP contribution in [0.25, 0.3) is 10.9 Å². The second-order valence-corrected chi connectivity index (χ2v) is 9.04. The Balaban J connectivity index is 1.90. The van der Waals surface area contributed by atoms with E-state index in [1.807, 2.05) is 29.7 Å². The van der Waals surface area contributed by atoms with Crippen molar-refractivity contribution < 1.29 is 23.6 Å². The first-order valence-corrected chi connectivity index (χ1v) is 12.1. The predicted octanol–water partition coefficient (Wildman–Crippen LogP) is 3.99. The molecular formula is C25H25N3O5S. The molecule has 0 amide bonds. The molecular weight excluding hydrogens is 454 g/mol. The minimum Gasteiger partial charge on any atom is -0.504 e. The van der Waals surface area contributed by atoms with Crippen LogP contribution < -0.4 is 4.74 Å². The Bertz CT molecular complexity index is 1370. The van der Waals surface area contributed by atoms with Gasteiger partial charge in [0.15, 0.2) is 11.5 Å². The maximum absolute atomic E-state index is 13.1. The highest BCUT2D eigenvalue weighted by Crippen LogP contribution is 2.37. The van der Waals surface area contributed by atoms with Crippen molar-refractivity contribution in [3.63, 3.8) is 0 Å². The maximum atomic E-state index is 13.1. The quantitative estimate of drug-likeness (QED) is 0.381. The van der Waals surface area contributed by atoms with Gasteiger partial charge in [-0.1, -0.05) is 18.2 Å². The van der Waals surface area contributed by atoms with Gasteiger partial charge < -0.3 is 19.1 Å². The minimum absolute atomic E-state index is 0.0183. The summed E-state index contributed by atoms with van der Waals surface area (Å²) in [5, 5.41) is 11.5. The van der Waals surface area contributed by atoms with Crippen LogP contribution >= 0.6 is 0 Å². The number of aromatic nitrogens is 3. The van der Waals surface area contributed by atoms with Crippen LogP contribution in [-0.4, -0.2) is 43.5 Å². The summed E-state index contributed by atoms with van der Waals surface area (Å²) >= 11 is 0. The first-order valence-electron chi connectivity index (χ1n) is 10.7. The molecule has 0 aliphatic carbocycles. The number of esters is 1. The molecule has 176 valence electrons. The van der Waals surface area contributed by atoms with Gasteiger partial charge in [0, 0.05) is 28.2 Å². The third-order valence-electron chi connectivity index (χ3n) is 5.46. The summed E-state index contributed by atoms with van der Waals surface area (Å²) in [5.41, 5.74) is 1.56. The Labute approximate surface area is 199 Å². The Morgan fingerprint density at radius 3 is 2.62 bits per heavy atom. The van der Waals surface area contributed by atoms with E-state index in [1.165, 1.54) is 7.11 Å². The Hall–Kier alpha value is -3.72. The van der Waals surface area contributed by atoms with E-state index in [9.17, 15) is 14.1 Å². The highest BCUT2D eigenvalue weighted by atomic mass is 32.2. The first-order chi connectivity index (χ1) is 16.4. The molecule has 9 heteroatoms. The summed E-state index contributed by atoms with van der Waals surface area (Å²) < 4.78 is 25.6. The van der Waals surface area contributed by atoms with E-state index in [4.69, 9.17) is 14.5 Å². The fourth-order valence-corrected chi connectivity index (χ4v) is 4.81. The number of pyridine rings is 1.